The van der Waals surface area contributed by atoms with Gasteiger partial charge in [-0.3, -0.25) is 4.79 Å². The predicted octanol–water partition coefficient (Wildman–Crippen LogP) is 2.92. The highest BCUT2D eigenvalue weighted by molar-refractivity contribution is 6.00. The van der Waals surface area contributed by atoms with Gasteiger partial charge in [-0.15, -0.1) is 0 Å². The predicted molar refractivity (Wildman–Crippen MR) is 97.4 cm³/mol. The van der Waals surface area contributed by atoms with Crippen LogP contribution in [0.1, 0.15) is 57.9 Å². The lowest BCUT2D eigenvalue weighted by molar-refractivity contribution is 0.0525. The molecule has 0 aliphatic heterocycles. The molecule has 0 aromatic carbocycles. The second-order valence-corrected chi connectivity index (χ2v) is 5.84. The smallest absolute Gasteiger partial charge is 0.340 e. The van der Waals surface area contributed by atoms with Crippen LogP contribution in [0.2, 0.25) is 0 Å². The summed E-state index contributed by atoms with van der Waals surface area (Å²) in [7, 11) is 0. The van der Waals surface area contributed by atoms with Crippen LogP contribution in [-0.4, -0.2) is 35.1 Å². The molecule has 0 radical (unpaired) electrons. The molecule has 7 heteroatoms. The number of aromatic nitrogens is 2. The molecule has 2 heterocycles. The van der Waals surface area contributed by atoms with Gasteiger partial charge >= 0.3 is 5.97 Å². The van der Waals surface area contributed by atoms with Gasteiger partial charge < -0.3 is 19.8 Å². The quantitative estimate of drug-likeness (QED) is 0.707. The molecule has 0 bridgehead atoms. The fraction of sp³-hybridized carbons (Fsp3) is 0.421. The molecule has 0 aliphatic rings. The monoisotopic (exact) mass is 359 g/mol. The molecule has 0 saturated heterocycles. The third-order valence-electron chi connectivity index (χ3n) is 3.88. The summed E-state index contributed by atoms with van der Waals surface area (Å²) in [6, 6.07) is 3.65. The fourth-order valence-corrected chi connectivity index (χ4v) is 2.64. The molecule has 0 spiro atoms. The molecule has 0 saturated carbocycles. The van der Waals surface area contributed by atoms with Crippen molar-refractivity contribution in [2.75, 3.05) is 13.2 Å². The summed E-state index contributed by atoms with van der Waals surface area (Å²) in [5.41, 5.74) is 2.74. The van der Waals surface area contributed by atoms with Crippen molar-refractivity contribution >= 4 is 11.9 Å². The molecule has 2 aromatic rings. The number of pyridine rings is 1. The zero-order valence-corrected chi connectivity index (χ0v) is 15.6. The number of nitrogens with one attached hydrogen (secondary N) is 2. The van der Waals surface area contributed by atoms with Crippen molar-refractivity contribution < 1.29 is 19.1 Å². The Hall–Kier alpha value is -2.83. The van der Waals surface area contributed by atoms with Crippen LogP contribution in [0.5, 0.6) is 5.88 Å². The molecule has 2 N–H and O–H groups in total. The maximum absolute atomic E-state index is 12.6. The minimum absolute atomic E-state index is 0.276. The Balaban J connectivity index is 2.12. The SMILES string of the molecule is CCCOc1ncccc1CNC(=O)c1[nH]c(C)c(C(=O)OCC)c1C. The van der Waals surface area contributed by atoms with Crippen LogP contribution in [0.25, 0.3) is 0 Å². The molecule has 2 rings (SSSR count). The van der Waals surface area contributed by atoms with Crippen molar-refractivity contribution in [1.29, 1.82) is 0 Å². The van der Waals surface area contributed by atoms with Gasteiger partial charge in [-0.25, -0.2) is 9.78 Å². The third-order valence-corrected chi connectivity index (χ3v) is 3.88. The summed E-state index contributed by atoms with van der Waals surface area (Å²) in [4.78, 5) is 31.8. The second kappa shape index (κ2) is 9.03. The van der Waals surface area contributed by atoms with Crippen molar-refractivity contribution in [3.8, 4) is 5.88 Å². The van der Waals surface area contributed by atoms with E-state index in [9.17, 15) is 9.59 Å². The van der Waals surface area contributed by atoms with E-state index in [1.54, 1.807) is 33.0 Å². The van der Waals surface area contributed by atoms with Gasteiger partial charge in [0.25, 0.3) is 5.91 Å². The lowest BCUT2D eigenvalue weighted by atomic mass is 10.1. The van der Waals surface area contributed by atoms with Gasteiger partial charge in [-0.05, 0) is 38.8 Å². The van der Waals surface area contributed by atoms with E-state index in [2.05, 4.69) is 15.3 Å². The third kappa shape index (κ3) is 4.41. The number of hydrogen-bond acceptors (Lipinski definition) is 5. The Morgan fingerprint density at radius 2 is 2.04 bits per heavy atom. The molecule has 7 nitrogen and oxygen atoms in total. The normalized spacial score (nSPS) is 10.5. The number of aryl methyl sites for hydroxylation is 1. The number of ether oxygens (including phenoxy) is 2. The lowest BCUT2D eigenvalue weighted by Gasteiger charge is -2.10. The van der Waals surface area contributed by atoms with Crippen LogP contribution >= 0.6 is 0 Å². The first-order valence-corrected chi connectivity index (χ1v) is 8.70. The Labute approximate surface area is 153 Å². The standard InChI is InChI=1S/C19H25N3O4/c1-5-10-26-18-14(8-7-9-20-18)11-21-17(23)16-12(3)15(13(4)22-16)19(24)25-6-2/h7-9,22H,5-6,10-11H2,1-4H3,(H,21,23). The second-order valence-electron chi connectivity index (χ2n) is 5.84. The lowest BCUT2D eigenvalue weighted by Crippen LogP contribution is -2.24. The summed E-state index contributed by atoms with van der Waals surface area (Å²) in [6.07, 6.45) is 2.53. The first kappa shape index (κ1) is 19.5. The summed E-state index contributed by atoms with van der Waals surface area (Å²) in [5, 5.41) is 2.84. The average molecular weight is 359 g/mol. The number of carbonyl (C=O) groups is 2. The minimum Gasteiger partial charge on any atom is -0.477 e. The maximum Gasteiger partial charge on any atom is 0.340 e. The van der Waals surface area contributed by atoms with Gasteiger partial charge in [0.05, 0.1) is 18.8 Å². The van der Waals surface area contributed by atoms with E-state index in [4.69, 9.17) is 9.47 Å². The number of esters is 1. The number of H-pyrrole nitrogens is 1. The van der Waals surface area contributed by atoms with Crippen LogP contribution in [0.15, 0.2) is 18.3 Å². The number of hydrogen-bond donors (Lipinski definition) is 2. The number of nitrogens with zero attached hydrogens (tertiary/aromatic N) is 1. The van der Waals surface area contributed by atoms with Crippen molar-refractivity contribution in [2.24, 2.45) is 0 Å². The van der Waals surface area contributed by atoms with E-state index in [1.807, 2.05) is 13.0 Å². The summed E-state index contributed by atoms with van der Waals surface area (Å²) >= 11 is 0. The molecule has 0 unspecified atom stereocenters. The molecule has 2 aromatic heterocycles. The Morgan fingerprint density at radius 3 is 2.73 bits per heavy atom. The van der Waals surface area contributed by atoms with E-state index in [-0.39, 0.29) is 19.1 Å². The van der Waals surface area contributed by atoms with Crippen molar-refractivity contribution in [3.05, 3.63) is 46.4 Å². The highest BCUT2D eigenvalue weighted by Gasteiger charge is 2.22. The summed E-state index contributed by atoms with van der Waals surface area (Å²) < 4.78 is 10.6. The molecular formula is C19H25N3O4. The van der Waals surface area contributed by atoms with Crippen LogP contribution in [0.3, 0.4) is 0 Å². The maximum atomic E-state index is 12.6. The van der Waals surface area contributed by atoms with Crippen LogP contribution in [0, 0.1) is 13.8 Å². The van der Waals surface area contributed by atoms with Gasteiger partial charge in [0.15, 0.2) is 0 Å². The number of carbonyl (C=O) groups excluding carboxylic acids is 2. The van der Waals surface area contributed by atoms with E-state index in [0.717, 1.165) is 12.0 Å². The largest absolute Gasteiger partial charge is 0.477 e. The van der Waals surface area contributed by atoms with E-state index in [1.165, 1.54) is 0 Å². The molecule has 0 fully saturated rings. The van der Waals surface area contributed by atoms with Crippen LogP contribution in [-0.2, 0) is 11.3 Å². The summed E-state index contributed by atoms with van der Waals surface area (Å²) in [5.74, 6) is -0.215. The molecule has 26 heavy (non-hydrogen) atoms. The van der Waals surface area contributed by atoms with Crippen LogP contribution < -0.4 is 10.1 Å². The zero-order chi connectivity index (χ0) is 19.1. The average Bonchev–Trinajstić information content (AvgIpc) is 2.93. The first-order valence-electron chi connectivity index (χ1n) is 8.70. The summed E-state index contributed by atoms with van der Waals surface area (Å²) in [6.45, 7) is 8.36. The van der Waals surface area contributed by atoms with Crippen LogP contribution in [0.4, 0.5) is 0 Å². The highest BCUT2D eigenvalue weighted by Crippen LogP contribution is 2.20. The molecule has 140 valence electrons. The highest BCUT2D eigenvalue weighted by atomic mass is 16.5. The minimum atomic E-state index is -0.430. The Bertz CT molecular complexity index is 783. The van der Waals surface area contributed by atoms with E-state index >= 15 is 0 Å². The molecule has 1 amide bonds. The number of aromatic amines is 1. The van der Waals surface area contributed by atoms with Gasteiger partial charge in [0.2, 0.25) is 5.88 Å². The Kier molecular flexibility index (Phi) is 6.77. The Morgan fingerprint density at radius 1 is 1.27 bits per heavy atom. The molecular weight excluding hydrogens is 334 g/mol. The van der Waals surface area contributed by atoms with Gasteiger partial charge in [-0.1, -0.05) is 13.0 Å². The van der Waals surface area contributed by atoms with E-state index < -0.39 is 5.97 Å². The molecule has 0 atom stereocenters. The van der Waals surface area contributed by atoms with Crippen molar-refractivity contribution in [2.45, 2.75) is 40.7 Å². The first-order chi connectivity index (χ1) is 12.5. The molecule has 0 aliphatic carbocycles. The zero-order valence-electron chi connectivity index (χ0n) is 15.6. The van der Waals surface area contributed by atoms with Gasteiger partial charge in [-0.2, -0.15) is 0 Å². The fourth-order valence-electron chi connectivity index (χ4n) is 2.64. The van der Waals surface area contributed by atoms with Gasteiger partial charge in [0.1, 0.15) is 5.69 Å². The van der Waals surface area contributed by atoms with Crippen molar-refractivity contribution in [1.82, 2.24) is 15.3 Å². The van der Waals surface area contributed by atoms with Gasteiger partial charge in [0, 0.05) is 24.0 Å². The van der Waals surface area contributed by atoms with E-state index in [0.29, 0.717) is 35.0 Å². The topological polar surface area (TPSA) is 93.3 Å². The van der Waals surface area contributed by atoms with Crippen molar-refractivity contribution in [3.63, 3.8) is 0 Å². The number of rotatable bonds is 8. The number of amides is 1.